The Balaban J connectivity index is 2.02. The molecule has 3 nitrogen and oxygen atoms in total. The summed E-state index contributed by atoms with van der Waals surface area (Å²) in [5, 5.41) is 0. The number of hydrogen-bond acceptors (Lipinski definition) is 3. The van der Waals surface area contributed by atoms with Gasteiger partial charge >= 0.3 is 5.97 Å². The molecule has 0 unspecified atom stereocenters. The summed E-state index contributed by atoms with van der Waals surface area (Å²) in [5.74, 6) is 0.0620. The highest BCUT2D eigenvalue weighted by molar-refractivity contribution is 5.88. The fourth-order valence-electron chi connectivity index (χ4n) is 1.18. The van der Waals surface area contributed by atoms with Gasteiger partial charge < -0.3 is 9.47 Å². The normalized spacial score (nSPS) is 15.5. The Kier molecular flexibility index (Phi) is 4.36. The minimum absolute atomic E-state index is 0.324. The minimum atomic E-state index is -0.324. The van der Waals surface area contributed by atoms with Crippen LogP contribution in [0.2, 0.25) is 0 Å². The van der Waals surface area contributed by atoms with E-state index in [9.17, 15) is 4.79 Å². The molecule has 0 aromatic heterocycles. The molecule has 13 heavy (non-hydrogen) atoms. The van der Waals surface area contributed by atoms with Crippen molar-refractivity contribution in [3.63, 3.8) is 0 Å². The Morgan fingerprint density at radius 1 is 1.46 bits per heavy atom. The van der Waals surface area contributed by atoms with Crippen molar-refractivity contribution >= 4 is 5.97 Å². The van der Waals surface area contributed by atoms with E-state index in [2.05, 4.69) is 11.7 Å². The molecule has 0 spiro atoms. The zero-order chi connectivity index (χ0) is 9.52. The van der Waals surface area contributed by atoms with Gasteiger partial charge in [0.1, 0.15) is 6.61 Å². The highest BCUT2D eigenvalue weighted by Crippen LogP contribution is 2.09. The van der Waals surface area contributed by atoms with E-state index < -0.39 is 0 Å². The van der Waals surface area contributed by atoms with Crippen molar-refractivity contribution in [2.24, 2.45) is 0 Å². The van der Waals surface area contributed by atoms with E-state index in [-0.39, 0.29) is 5.97 Å². The quantitative estimate of drug-likeness (QED) is 0.468. The molecule has 0 saturated carbocycles. The summed E-state index contributed by atoms with van der Waals surface area (Å²) >= 11 is 0. The maximum absolute atomic E-state index is 10.9. The van der Waals surface area contributed by atoms with Crippen molar-refractivity contribution in [1.29, 1.82) is 0 Å². The van der Waals surface area contributed by atoms with Crippen molar-refractivity contribution < 1.29 is 14.3 Å². The number of carbonyl (C=O) groups excluding carboxylic acids is 1. The standard InChI is InChI=1S/C10H16O3/c1-2-3-4-5-7-12-9-6-8-13-10(9)11/h6H,2-5,7-8H2,1H3. The molecule has 0 fully saturated rings. The number of hydrogen-bond donors (Lipinski definition) is 0. The van der Waals surface area contributed by atoms with Crippen LogP contribution in [0.25, 0.3) is 0 Å². The molecule has 0 amide bonds. The van der Waals surface area contributed by atoms with Gasteiger partial charge in [-0.25, -0.2) is 4.79 Å². The lowest BCUT2D eigenvalue weighted by atomic mass is 10.2. The van der Waals surface area contributed by atoms with Crippen LogP contribution in [0.5, 0.6) is 0 Å². The first kappa shape index (κ1) is 10.1. The van der Waals surface area contributed by atoms with Crippen LogP contribution >= 0.6 is 0 Å². The molecule has 0 atom stereocenters. The SMILES string of the molecule is CCCCCCOC1=CCOC1=O. The van der Waals surface area contributed by atoms with E-state index in [1.165, 1.54) is 19.3 Å². The monoisotopic (exact) mass is 184 g/mol. The van der Waals surface area contributed by atoms with Crippen LogP contribution < -0.4 is 0 Å². The van der Waals surface area contributed by atoms with Crippen LogP contribution in [0, 0.1) is 0 Å². The lowest BCUT2D eigenvalue weighted by molar-refractivity contribution is -0.139. The second kappa shape index (κ2) is 5.62. The molecular weight excluding hydrogens is 168 g/mol. The van der Waals surface area contributed by atoms with Gasteiger partial charge in [-0.2, -0.15) is 0 Å². The predicted octanol–water partition coefficient (Wildman–Crippen LogP) is 2.02. The van der Waals surface area contributed by atoms with Crippen molar-refractivity contribution in [2.75, 3.05) is 13.2 Å². The van der Waals surface area contributed by atoms with E-state index in [0.717, 1.165) is 6.42 Å². The largest absolute Gasteiger partial charge is 0.487 e. The summed E-state index contributed by atoms with van der Waals surface area (Å²) in [5.41, 5.74) is 0. The van der Waals surface area contributed by atoms with Gasteiger partial charge in [0.15, 0.2) is 0 Å². The summed E-state index contributed by atoms with van der Waals surface area (Å²) < 4.78 is 9.94. The zero-order valence-electron chi connectivity index (χ0n) is 8.04. The van der Waals surface area contributed by atoms with Crippen LogP contribution in [0.15, 0.2) is 11.8 Å². The van der Waals surface area contributed by atoms with Crippen LogP contribution in [0.4, 0.5) is 0 Å². The van der Waals surface area contributed by atoms with Crippen LogP contribution in [-0.2, 0) is 14.3 Å². The zero-order valence-corrected chi connectivity index (χ0v) is 8.04. The molecule has 1 aliphatic rings. The third-order valence-electron chi connectivity index (χ3n) is 1.94. The second-order valence-corrected chi connectivity index (χ2v) is 3.08. The van der Waals surface area contributed by atoms with Crippen molar-refractivity contribution in [1.82, 2.24) is 0 Å². The van der Waals surface area contributed by atoms with E-state index in [4.69, 9.17) is 4.74 Å². The fourth-order valence-corrected chi connectivity index (χ4v) is 1.18. The van der Waals surface area contributed by atoms with Crippen molar-refractivity contribution in [3.8, 4) is 0 Å². The molecule has 1 aliphatic heterocycles. The van der Waals surface area contributed by atoms with E-state index in [0.29, 0.717) is 19.0 Å². The first-order chi connectivity index (χ1) is 6.34. The summed E-state index contributed by atoms with van der Waals surface area (Å²) in [4.78, 5) is 10.9. The average Bonchev–Trinajstić information content (AvgIpc) is 2.52. The Bertz CT molecular complexity index is 196. The van der Waals surface area contributed by atoms with Gasteiger partial charge in [0.2, 0.25) is 5.76 Å². The number of ether oxygens (including phenoxy) is 2. The molecule has 74 valence electrons. The number of rotatable bonds is 6. The van der Waals surface area contributed by atoms with Crippen molar-refractivity contribution in [3.05, 3.63) is 11.8 Å². The average molecular weight is 184 g/mol. The van der Waals surface area contributed by atoms with Gasteiger partial charge in [-0.05, 0) is 6.42 Å². The molecule has 0 aromatic carbocycles. The highest BCUT2D eigenvalue weighted by atomic mass is 16.6. The number of carbonyl (C=O) groups is 1. The van der Waals surface area contributed by atoms with E-state index in [1.807, 2.05) is 0 Å². The summed E-state index contributed by atoms with van der Waals surface area (Å²) in [6.07, 6.45) is 6.30. The molecule has 0 saturated heterocycles. The molecule has 0 aliphatic carbocycles. The summed E-state index contributed by atoms with van der Waals surface area (Å²) in [7, 11) is 0. The first-order valence-corrected chi connectivity index (χ1v) is 4.84. The number of cyclic esters (lactones) is 1. The molecule has 0 aromatic rings. The summed E-state index contributed by atoms with van der Waals surface area (Å²) in [6, 6.07) is 0. The lowest BCUT2D eigenvalue weighted by Gasteiger charge is -2.03. The topological polar surface area (TPSA) is 35.5 Å². The predicted molar refractivity (Wildman–Crippen MR) is 49.1 cm³/mol. The molecular formula is C10H16O3. The minimum Gasteiger partial charge on any atom is -0.487 e. The van der Waals surface area contributed by atoms with Gasteiger partial charge in [-0.15, -0.1) is 0 Å². The van der Waals surface area contributed by atoms with Crippen LogP contribution in [0.1, 0.15) is 32.6 Å². The number of unbranched alkanes of at least 4 members (excludes halogenated alkanes) is 3. The Hall–Kier alpha value is -0.990. The first-order valence-electron chi connectivity index (χ1n) is 4.84. The smallest absolute Gasteiger partial charge is 0.373 e. The summed E-state index contributed by atoms with van der Waals surface area (Å²) in [6.45, 7) is 3.15. The Morgan fingerprint density at radius 2 is 2.31 bits per heavy atom. The van der Waals surface area contributed by atoms with Crippen LogP contribution in [-0.4, -0.2) is 19.2 Å². The molecule has 0 N–H and O–H groups in total. The lowest BCUT2D eigenvalue weighted by Crippen LogP contribution is -2.04. The third-order valence-corrected chi connectivity index (χ3v) is 1.94. The maximum Gasteiger partial charge on any atom is 0.373 e. The molecule has 1 heterocycles. The highest BCUT2D eigenvalue weighted by Gasteiger charge is 2.17. The second-order valence-electron chi connectivity index (χ2n) is 3.08. The van der Waals surface area contributed by atoms with Crippen LogP contribution in [0.3, 0.4) is 0 Å². The van der Waals surface area contributed by atoms with Gasteiger partial charge in [-0.1, -0.05) is 26.2 Å². The van der Waals surface area contributed by atoms with Gasteiger partial charge in [0.05, 0.1) is 6.61 Å². The van der Waals surface area contributed by atoms with E-state index in [1.54, 1.807) is 6.08 Å². The van der Waals surface area contributed by atoms with E-state index >= 15 is 0 Å². The molecule has 1 rings (SSSR count). The Morgan fingerprint density at radius 3 is 2.92 bits per heavy atom. The molecule has 3 heteroatoms. The fraction of sp³-hybridized carbons (Fsp3) is 0.700. The van der Waals surface area contributed by atoms with Crippen molar-refractivity contribution in [2.45, 2.75) is 32.6 Å². The van der Waals surface area contributed by atoms with Gasteiger partial charge in [0, 0.05) is 6.08 Å². The van der Waals surface area contributed by atoms with Gasteiger partial charge in [-0.3, -0.25) is 0 Å². The number of esters is 1. The molecule has 0 radical (unpaired) electrons. The third kappa shape index (κ3) is 3.49. The Labute approximate surface area is 78.7 Å². The maximum atomic E-state index is 10.9. The van der Waals surface area contributed by atoms with Gasteiger partial charge in [0.25, 0.3) is 0 Å². The molecule has 0 bridgehead atoms.